The van der Waals surface area contributed by atoms with E-state index in [0.717, 1.165) is 18.9 Å². The Morgan fingerprint density at radius 2 is 1.83 bits per heavy atom. The minimum Gasteiger partial charge on any atom is -0.353 e. The Kier molecular flexibility index (Phi) is 4.88. The van der Waals surface area contributed by atoms with Gasteiger partial charge in [0, 0.05) is 38.1 Å². The van der Waals surface area contributed by atoms with E-state index in [4.69, 9.17) is 23.2 Å². The number of hydrogen-bond donors (Lipinski definition) is 1. The molecule has 1 N–H and O–H groups in total. The summed E-state index contributed by atoms with van der Waals surface area (Å²) in [6.07, 6.45) is 1.78. The first-order chi connectivity index (χ1) is 11.1. The summed E-state index contributed by atoms with van der Waals surface area (Å²) in [6.45, 7) is 2.80. The van der Waals surface area contributed by atoms with Crippen molar-refractivity contribution in [2.24, 2.45) is 0 Å². The van der Waals surface area contributed by atoms with E-state index < -0.39 is 0 Å². The Bertz CT molecular complexity index is 688. The number of anilines is 2. The highest BCUT2D eigenvalue weighted by Gasteiger charge is 2.21. The average Bonchev–Trinajstić information content (AvgIpc) is 2.59. The number of urea groups is 1. The SMILES string of the molecule is O=C(Nc1ccc(Cl)c(Cl)c1)N1CCN(c2ccccn2)CC1. The lowest BCUT2D eigenvalue weighted by Gasteiger charge is -2.35. The standard InChI is InChI=1S/C16H16Cl2N4O/c17-13-5-4-12(11-14(13)18)20-16(23)22-9-7-21(8-10-22)15-3-1-2-6-19-15/h1-6,11H,7-10H2,(H,20,23). The smallest absolute Gasteiger partial charge is 0.321 e. The molecular weight excluding hydrogens is 335 g/mol. The second kappa shape index (κ2) is 7.06. The van der Waals surface area contributed by atoms with Gasteiger partial charge >= 0.3 is 6.03 Å². The van der Waals surface area contributed by atoms with Crippen LogP contribution in [0.5, 0.6) is 0 Å². The molecule has 1 aromatic carbocycles. The third-order valence-corrected chi connectivity index (χ3v) is 4.45. The molecule has 1 aromatic heterocycles. The third kappa shape index (κ3) is 3.86. The maximum atomic E-state index is 12.3. The molecule has 2 heterocycles. The minimum absolute atomic E-state index is 0.135. The summed E-state index contributed by atoms with van der Waals surface area (Å²) in [7, 11) is 0. The van der Waals surface area contributed by atoms with Gasteiger partial charge in [-0.1, -0.05) is 29.3 Å². The highest BCUT2D eigenvalue weighted by atomic mass is 35.5. The van der Waals surface area contributed by atoms with Crippen LogP contribution in [-0.4, -0.2) is 42.1 Å². The molecule has 1 aliphatic rings. The van der Waals surface area contributed by atoms with Gasteiger partial charge in [0.15, 0.2) is 0 Å². The molecule has 0 aliphatic carbocycles. The molecule has 0 saturated carbocycles. The van der Waals surface area contributed by atoms with Crippen LogP contribution < -0.4 is 10.2 Å². The number of piperazine rings is 1. The Labute approximate surface area is 144 Å². The summed E-state index contributed by atoms with van der Waals surface area (Å²) in [6, 6.07) is 10.7. The van der Waals surface area contributed by atoms with Crippen molar-refractivity contribution >= 4 is 40.7 Å². The van der Waals surface area contributed by atoms with Crippen LogP contribution in [-0.2, 0) is 0 Å². The van der Waals surface area contributed by atoms with Gasteiger partial charge in [-0.3, -0.25) is 0 Å². The maximum Gasteiger partial charge on any atom is 0.321 e. The molecule has 0 unspecified atom stereocenters. The first-order valence-corrected chi connectivity index (χ1v) is 8.06. The number of carbonyl (C=O) groups excluding carboxylic acids is 1. The summed E-state index contributed by atoms with van der Waals surface area (Å²) >= 11 is 11.8. The van der Waals surface area contributed by atoms with Gasteiger partial charge < -0.3 is 15.1 Å². The van der Waals surface area contributed by atoms with Crippen LogP contribution in [0.3, 0.4) is 0 Å². The van der Waals surface area contributed by atoms with E-state index in [-0.39, 0.29) is 6.03 Å². The van der Waals surface area contributed by atoms with Crippen molar-refractivity contribution in [3.8, 4) is 0 Å². The highest BCUT2D eigenvalue weighted by molar-refractivity contribution is 6.42. The third-order valence-electron chi connectivity index (χ3n) is 3.71. The summed E-state index contributed by atoms with van der Waals surface area (Å²) in [5.41, 5.74) is 0.636. The Hall–Kier alpha value is -1.98. The van der Waals surface area contributed by atoms with Gasteiger partial charge in [0.05, 0.1) is 10.0 Å². The number of nitrogens with one attached hydrogen (secondary N) is 1. The van der Waals surface area contributed by atoms with Crippen LogP contribution in [0.2, 0.25) is 10.0 Å². The van der Waals surface area contributed by atoms with Crippen LogP contribution in [0, 0.1) is 0 Å². The molecule has 0 radical (unpaired) electrons. The topological polar surface area (TPSA) is 48.5 Å². The maximum absolute atomic E-state index is 12.3. The van der Waals surface area contributed by atoms with Gasteiger partial charge in [-0.15, -0.1) is 0 Å². The van der Waals surface area contributed by atoms with Crippen molar-refractivity contribution in [3.05, 3.63) is 52.6 Å². The summed E-state index contributed by atoms with van der Waals surface area (Å²) in [4.78, 5) is 20.6. The first kappa shape index (κ1) is 15.9. The van der Waals surface area contributed by atoms with Gasteiger partial charge in [-0.05, 0) is 30.3 Å². The van der Waals surface area contributed by atoms with Gasteiger partial charge in [0.2, 0.25) is 0 Å². The molecule has 2 aromatic rings. The summed E-state index contributed by atoms with van der Waals surface area (Å²) < 4.78 is 0. The monoisotopic (exact) mass is 350 g/mol. The molecule has 3 rings (SSSR count). The fourth-order valence-corrected chi connectivity index (χ4v) is 2.75. The fourth-order valence-electron chi connectivity index (χ4n) is 2.46. The number of aromatic nitrogens is 1. The molecule has 23 heavy (non-hydrogen) atoms. The molecular formula is C16H16Cl2N4O. The zero-order valence-corrected chi connectivity index (χ0v) is 13.9. The van der Waals surface area contributed by atoms with E-state index in [9.17, 15) is 4.79 Å². The average molecular weight is 351 g/mol. The molecule has 0 atom stereocenters. The lowest BCUT2D eigenvalue weighted by molar-refractivity contribution is 0.208. The Morgan fingerprint density at radius 3 is 2.48 bits per heavy atom. The fraction of sp³-hybridized carbons (Fsp3) is 0.250. The predicted molar refractivity (Wildman–Crippen MR) is 93.5 cm³/mol. The molecule has 1 saturated heterocycles. The second-order valence-electron chi connectivity index (χ2n) is 5.22. The number of carbonyl (C=O) groups is 1. The lowest BCUT2D eigenvalue weighted by Crippen LogP contribution is -2.50. The van der Waals surface area contributed by atoms with Crippen molar-refractivity contribution in [2.75, 3.05) is 36.4 Å². The molecule has 7 heteroatoms. The molecule has 5 nitrogen and oxygen atoms in total. The van der Waals surface area contributed by atoms with E-state index in [2.05, 4.69) is 15.2 Å². The quantitative estimate of drug-likeness (QED) is 0.897. The van der Waals surface area contributed by atoms with E-state index in [0.29, 0.717) is 28.8 Å². The van der Waals surface area contributed by atoms with Crippen molar-refractivity contribution in [2.45, 2.75) is 0 Å². The number of rotatable bonds is 2. The van der Waals surface area contributed by atoms with Gasteiger partial charge in [-0.25, -0.2) is 9.78 Å². The van der Waals surface area contributed by atoms with Crippen LogP contribution in [0.1, 0.15) is 0 Å². The highest BCUT2D eigenvalue weighted by Crippen LogP contribution is 2.25. The predicted octanol–water partition coefficient (Wildman–Crippen LogP) is 3.74. The zero-order valence-electron chi connectivity index (χ0n) is 12.4. The van der Waals surface area contributed by atoms with Gasteiger partial charge in [0.25, 0.3) is 0 Å². The van der Waals surface area contributed by atoms with E-state index in [1.807, 2.05) is 18.2 Å². The number of halogens is 2. The van der Waals surface area contributed by atoms with E-state index in [1.165, 1.54) is 0 Å². The number of nitrogens with zero attached hydrogens (tertiary/aromatic N) is 3. The number of amides is 2. The van der Waals surface area contributed by atoms with Gasteiger partial charge in [0.1, 0.15) is 5.82 Å². The number of benzene rings is 1. The molecule has 120 valence electrons. The van der Waals surface area contributed by atoms with E-state index >= 15 is 0 Å². The van der Waals surface area contributed by atoms with Crippen molar-refractivity contribution < 1.29 is 4.79 Å². The Balaban J connectivity index is 1.57. The van der Waals surface area contributed by atoms with Gasteiger partial charge in [-0.2, -0.15) is 0 Å². The first-order valence-electron chi connectivity index (χ1n) is 7.30. The molecule has 1 aliphatic heterocycles. The molecule has 1 fully saturated rings. The minimum atomic E-state index is -0.135. The number of pyridine rings is 1. The van der Waals surface area contributed by atoms with Crippen molar-refractivity contribution in [3.63, 3.8) is 0 Å². The number of hydrogen-bond acceptors (Lipinski definition) is 3. The normalized spacial score (nSPS) is 14.7. The largest absolute Gasteiger partial charge is 0.353 e. The van der Waals surface area contributed by atoms with Crippen LogP contribution in [0.4, 0.5) is 16.3 Å². The zero-order chi connectivity index (χ0) is 16.2. The van der Waals surface area contributed by atoms with Crippen molar-refractivity contribution in [1.82, 2.24) is 9.88 Å². The molecule has 0 spiro atoms. The second-order valence-corrected chi connectivity index (χ2v) is 6.04. The molecule has 2 amide bonds. The van der Waals surface area contributed by atoms with E-state index in [1.54, 1.807) is 29.3 Å². The van der Waals surface area contributed by atoms with Crippen molar-refractivity contribution in [1.29, 1.82) is 0 Å². The lowest BCUT2D eigenvalue weighted by atomic mass is 10.3. The molecule has 0 bridgehead atoms. The van der Waals surface area contributed by atoms with Crippen LogP contribution in [0.15, 0.2) is 42.6 Å². The summed E-state index contributed by atoms with van der Waals surface area (Å²) in [5.74, 6) is 0.942. The van der Waals surface area contributed by atoms with Crippen LogP contribution >= 0.6 is 23.2 Å². The summed E-state index contributed by atoms with van der Waals surface area (Å²) in [5, 5.41) is 3.73. The Morgan fingerprint density at radius 1 is 1.04 bits per heavy atom. The van der Waals surface area contributed by atoms with Crippen LogP contribution in [0.25, 0.3) is 0 Å².